The van der Waals surface area contributed by atoms with Gasteiger partial charge in [-0.2, -0.15) is 0 Å². The van der Waals surface area contributed by atoms with Crippen LogP contribution < -0.4 is 5.11 Å². The molecular weight excluding hydrogens is 384 g/mol. The number of carboxylic acid groups (broad SMARTS) is 1. The van der Waals surface area contributed by atoms with Crippen LogP contribution in [-0.4, -0.2) is 17.2 Å². The summed E-state index contributed by atoms with van der Waals surface area (Å²) in [4.78, 5) is 11.9. The second-order valence-electron chi connectivity index (χ2n) is 12.1. The summed E-state index contributed by atoms with van der Waals surface area (Å²) in [6.45, 7) is 11.7. The molecule has 4 aliphatic carbocycles. The molecule has 31 heavy (non-hydrogen) atoms. The zero-order valence-electron chi connectivity index (χ0n) is 20.4. The molecule has 174 valence electrons. The maximum Gasteiger partial charge on any atom is 0.0623 e. The highest BCUT2D eigenvalue weighted by Crippen LogP contribution is 2.66. The first-order chi connectivity index (χ1) is 14.6. The van der Waals surface area contributed by atoms with Crippen molar-refractivity contribution in [3.05, 3.63) is 22.8 Å². The largest absolute Gasteiger partial charge is 0.550 e. The number of allylic oxidation sites excluding steroid dienone is 4. The predicted octanol–water partition coefficient (Wildman–Crippen LogP) is 5.43. The van der Waals surface area contributed by atoms with Gasteiger partial charge in [-0.3, -0.25) is 0 Å². The number of aliphatic carboxylic acids is 1. The van der Waals surface area contributed by atoms with Crippen molar-refractivity contribution in [1.82, 2.24) is 0 Å². The summed E-state index contributed by atoms with van der Waals surface area (Å²) in [6, 6.07) is 0. The standard InChI is InChI=1S/C28H44O3/c1-17(2)7-6-8-18(3)20-11-12-21-19-9-10-23-25(26(30)31)24(29)14-16-28(23,5)22(19)13-15-27(20,21)4/h7,18,20-21,23-25,29H,6,8-16H2,1-5H3,(H,30,31)/p-1. The number of hydrogen-bond acceptors (Lipinski definition) is 3. The fraction of sp³-hybridized carbons (Fsp3) is 0.821. The van der Waals surface area contributed by atoms with Crippen molar-refractivity contribution in [1.29, 1.82) is 0 Å². The third kappa shape index (κ3) is 3.73. The third-order valence-corrected chi connectivity index (χ3v) is 10.3. The van der Waals surface area contributed by atoms with Crippen LogP contribution in [0.4, 0.5) is 0 Å². The van der Waals surface area contributed by atoms with Gasteiger partial charge < -0.3 is 15.0 Å². The summed E-state index contributed by atoms with van der Waals surface area (Å²) < 4.78 is 0. The topological polar surface area (TPSA) is 60.4 Å². The lowest BCUT2D eigenvalue weighted by Gasteiger charge is -2.57. The van der Waals surface area contributed by atoms with Crippen LogP contribution in [-0.2, 0) is 4.79 Å². The lowest BCUT2D eigenvalue weighted by molar-refractivity contribution is -0.319. The van der Waals surface area contributed by atoms with Crippen molar-refractivity contribution < 1.29 is 15.0 Å². The molecule has 4 rings (SSSR count). The van der Waals surface area contributed by atoms with Gasteiger partial charge in [-0.1, -0.05) is 43.6 Å². The first-order valence-electron chi connectivity index (χ1n) is 12.8. The Bertz CT molecular complexity index is 775. The van der Waals surface area contributed by atoms with E-state index in [4.69, 9.17) is 0 Å². The lowest BCUT2D eigenvalue weighted by Crippen LogP contribution is -2.54. The van der Waals surface area contributed by atoms with Gasteiger partial charge in [0.2, 0.25) is 0 Å². The molecular formula is C28H43O3-. The van der Waals surface area contributed by atoms with E-state index in [9.17, 15) is 15.0 Å². The van der Waals surface area contributed by atoms with Crippen molar-refractivity contribution in [2.75, 3.05) is 0 Å². The average Bonchev–Trinajstić information content (AvgIpc) is 3.05. The van der Waals surface area contributed by atoms with Gasteiger partial charge >= 0.3 is 0 Å². The molecule has 0 aliphatic heterocycles. The van der Waals surface area contributed by atoms with Crippen LogP contribution in [0.2, 0.25) is 0 Å². The van der Waals surface area contributed by atoms with Crippen molar-refractivity contribution in [3.8, 4) is 0 Å². The highest BCUT2D eigenvalue weighted by Gasteiger charge is 2.57. The monoisotopic (exact) mass is 427 g/mol. The molecule has 0 radical (unpaired) electrons. The van der Waals surface area contributed by atoms with Crippen LogP contribution in [0.3, 0.4) is 0 Å². The van der Waals surface area contributed by atoms with Crippen LogP contribution in [0.5, 0.6) is 0 Å². The van der Waals surface area contributed by atoms with Crippen LogP contribution in [0, 0.1) is 40.4 Å². The van der Waals surface area contributed by atoms with Gasteiger partial charge in [-0.25, -0.2) is 0 Å². The molecule has 0 heterocycles. The highest BCUT2D eigenvalue weighted by atomic mass is 16.4. The van der Waals surface area contributed by atoms with E-state index in [0.717, 1.165) is 37.5 Å². The van der Waals surface area contributed by atoms with Crippen molar-refractivity contribution in [2.24, 2.45) is 40.4 Å². The SMILES string of the molecule is CC(C)=CCCC(C)C1CCC2C3=C(CCC21C)C1(C)CCC(O)C(C(=O)[O-])C1CC3. The van der Waals surface area contributed by atoms with Crippen LogP contribution >= 0.6 is 0 Å². The Morgan fingerprint density at radius 1 is 1.16 bits per heavy atom. The van der Waals surface area contributed by atoms with Gasteiger partial charge in [0, 0.05) is 11.9 Å². The Balaban J connectivity index is 1.59. The normalized spacial score (nSPS) is 43.0. The lowest BCUT2D eigenvalue weighted by atomic mass is 9.48. The minimum atomic E-state index is -1.04. The summed E-state index contributed by atoms with van der Waals surface area (Å²) in [6.07, 6.45) is 12.6. The second-order valence-corrected chi connectivity index (χ2v) is 12.1. The summed E-state index contributed by atoms with van der Waals surface area (Å²) in [7, 11) is 0. The fourth-order valence-corrected chi connectivity index (χ4v) is 8.69. The average molecular weight is 428 g/mol. The van der Waals surface area contributed by atoms with Gasteiger partial charge in [0.25, 0.3) is 0 Å². The molecule has 3 nitrogen and oxygen atoms in total. The van der Waals surface area contributed by atoms with E-state index >= 15 is 0 Å². The smallest absolute Gasteiger partial charge is 0.0623 e. The Kier molecular flexibility index (Phi) is 6.22. The summed E-state index contributed by atoms with van der Waals surface area (Å²) in [5, 5.41) is 22.4. The number of aliphatic hydroxyl groups is 1. The molecule has 3 heteroatoms. The molecule has 1 N–H and O–H groups in total. The van der Waals surface area contributed by atoms with Crippen LogP contribution in [0.25, 0.3) is 0 Å². The van der Waals surface area contributed by atoms with Crippen molar-refractivity contribution in [3.63, 3.8) is 0 Å². The molecule has 4 aliphatic rings. The first kappa shape index (κ1) is 23.1. The van der Waals surface area contributed by atoms with E-state index in [1.165, 1.54) is 37.7 Å². The quantitative estimate of drug-likeness (QED) is 0.595. The van der Waals surface area contributed by atoms with Gasteiger partial charge in [0.1, 0.15) is 0 Å². The number of carboxylic acids is 1. The number of fused-ring (bicyclic) bond motifs is 4. The fourth-order valence-electron chi connectivity index (χ4n) is 8.69. The number of carbonyl (C=O) groups excluding carboxylic acids is 1. The van der Waals surface area contributed by atoms with Crippen LogP contribution in [0.1, 0.15) is 98.8 Å². The molecule has 0 amide bonds. The zero-order valence-corrected chi connectivity index (χ0v) is 20.4. The van der Waals surface area contributed by atoms with Crippen LogP contribution in [0.15, 0.2) is 22.8 Å². The van der Waals surface area contributed by atoms with Gasteiger partial charge in [-0.05, 0) is 113 Å². The maximum absolute atomic E-state index is 11.9. The van der Waals surface area contributed by atoms with Gasteiger partial charge in [0.15, 0.2) is 0 Å². The Morgan fingerprint density at radius 3 is 2.58 bits per heavy atom. The molecule has 8 unspecified atom stereocenters. The number of aliphatic hydroxyl groups excluding tert-OH is 1. The van der Waals surface area contributed by atoms with Crippen molar-refractivity contribution in [2.45, 2.75) is 105 Å². The predicted molar refractivity (Wildman–Crippen MR) is 123 cm³/mol. The Hall–Kier alpha value is -1.09. The Morgan fingerprint density at radius 2 is 1.90 bits per heavy atom. The van der Waals surface area contributed by atoms with Gasteiger partial charge in [0.05, 0.1) is 6.10 Å². The van der Waals surface area contributed by atoms with E-state index in [-0.39, 0.29) is 11.3 Å². The number of carbonyl (C=O) groups is 1. The molecule has 0 spiro atoms. The number of hydrogen-bond donors (Lipinski definition) is 1. The van der Waals surface area contributed by atoms with E-state index in [1.54, 1.807) is 11.1 Å². The molecule has 0 bridgehead atoms. The summed E-state index contributed by atoms with van der Waals surface area (Å²) in [5.41, 5.74) is 5.04. The Labute approximate surface area is 189 Å². The van der Waals surface area contributed by atoms with Crippen molar-refractivity contribution >= 4 is 5.97 Å². The zero-order chi connectivity index (χ0) is 22.6. The molecule has 0 aromatic carbocycles. The van der Waals surface area contributed by atoms with E-state index in [0.29, 0.717) is 17.8 Å². The van der Waals surface area contributed by atoms with E-state index in [2.05, 4.69) is 40.7 Å². The first-order valence-corrected chi connectivity index (χ1v) is 12.8. The molecule has 0 aromatic heterocycles. The number of rotatable bonds is 5. The highest BCUT2D eigenvalue weighted by molar-refractivity contribution is 5.69. The second kappa shape index (κ2) is 8.36. The summed E-state index contributed by atoms with van der Waals surface area (Å²) in [5.74, 6) is 0.522. The third-order valence-electron chi connectivity index (χ3n) is 10.3. The van der Waals surface area contributed by atoms with E-state index < -0.39 is 18.0 Å². The minimum absolute atomic E-state index is 0.0320. The molecule has 8 atom stereocenters. The molecule has 2 fully saturated rings. The van der Waals surface area contributed by atoms with E-state index in [1.807, 2.05) is 0 Å². The molecule has 2 saturated carbocycles. The maximum atomic E-state index is 11.9. The minimum Gasteiger partial charge on any atom is -0.550 e. The molecule has 0 aromatic rings. The summed E-state index contributed by atoms with van der Waals surface area (Å²) >= 11 is 0. The molecule has 0 saturated heterocycles. The van der Waals surface area contributed by atoms with Gasteiger partial charge in [-0.15, -0.1) is 0 Å².